The van der Waals surface area contributed by atoms with Crippen molar-refractivity contribution in [1.82, 2.24) is 15.2 Å². The number of carbonyl (C=O) groups excluding carboxylic acids is 1. The van der Waals surface area contributed by atoms with Crippen LogP contribution in [0, 0.1) is 0 Å². The smallest absolute Gasteiger partial charge is 0.319 e. The van der Waals surface area contributed by atoms with Crippen molar-refractivity contribution >= 4 is 27.6 Å². The summed E-state index contributed by atoms with van der Waals surface area (Å²) in [6, 6.07) is 23.6. The van der Waals surface area contributed by atoms with Gasteiger partial charge in [-0.05, 0) is 28.4 Å². The Labute approximate surface area is 198 Å². The molecule has 1 aliphatic heterocycles. The summed E-state index contributed by atoms with van der Waals surface area (Å²) in [5, 5.41) is 6.01. The predicted molar refractivity (Wildman–Crippen MR) is 133 cm³/mol. The average molecular weight is 497 g/mol. The monoisotopic (exact) mass is 496 g/mol. The number of amides is 2. The minimum atomic E-state index is -0.208. The molecule has 2 amide bonds. The molecule has 1 fully saturated rings. The van der Waals surface area contributed by atoms with Crippen LogP contribution in [0.15, 0.2) is 83.5 Å². The Morgan fingerprint density at radius 3 is 2.44 bits per heavy atom. The first-order valence-electron chi connectivity index (χ1n) is 10.7. The molecule has 3 aromatic rings. The normalized spacial score (nSPS) is 15.5. The maximum atomic E-state index is 12.5. The minimum Gasteiger partial charge on any atom is -0.383 e. The van der Waals surface area contributed by atoms with Crippen LogP contribution in [0.1, 0.15) is 6.42 Å². The first-order chi connectivity index (χ1) is 15.7. The molecule has 4 rings (SSSR count). The molecule has 2 aromatic carbocycles. The Morgan fingerprint density at radius 1 is 1.12 bits per heavy atom. The Bertz CT molecular complexity index is 930. The topological polar surface area (TPSA) is 66.5 Å². The van der Waals surface area contributed by atoms with Crippen molar-refractivity contribution in [1.29, 1.82) is 0 Å². The highest BCUT2D eigenvalue weighted by Gasteiger charge is 2.23. The summed E-state index contributed by atoms with van der Waals surface area (Å²) >= 11 is 3.43. The molecule has 2 N–H and O–H groups in total. The molecule has 0 bridgehead atoms. The Hall–Kier alpha value is -2.74. The highest BCUT2D eigenvalue weighted by molar-refractivity contribution is 9.10. The fourth-order valence-corrected chi connectivity index (χ4v) is 3.79. The number of hydrogen-bond donors (Lipinski definition) is 2. The lowest BCUT2D eigenvalue weighted by Crippen LogP contribution is -2.40. The van der Waals surface area contributed by atoms with Crippen LogP contribution >= 0.6 is 15.9 Å². The number of likely N-dealkylation sites (tertiary alicyclic amines) is 1. The van der Waals surface area contributed by atoms with Gasteiger partial charge in [0.25, 0.3) is 0 Å². The summed E-state index contributed by atoms with van der Waals surface area (Å²) in [7, 11) is 1.70. The van der Waals surface area contributed by atoms with Crippen molar-refractivity contribution in [2.75, 3.05) is 38.7 Å². The standard InChI is InChI=1S/C19H23BrN4O2.C6H6/c1-26-10-9-24-8-7-16(13-24)22-19(25)23-17-11-15(20)12-21-18(17)14-5-3-2-4-6-14;1-2-4-6-5-3-1/h2-6,11-12,16H,7-10,13H2,1H3,(H2,22,23,25);1-6H/t16-;/m0./s1. The molecule has 0 saturated carbocycles. The Balaban J connectivity index is 0.000000416. The number of carbonyl (C=O) groups is 1. The third-order valence-corrected chi connectivity index (χ3v) is 5.47. The molecule has 0 radical (unpaired) electrons. The lowest BCUT2D eigenvalue weighted by molar-refractivity contribution is 0.160. The van der Waals surface area contributed by atoms with E-state index in [9.17, 15) is 4.79 Å². The number of anilines is 1. The highest BCUT2D eigenvalue weighted by atomic mass is 79.9. The van der Waals surface area contributed by atoms with E-state index in [4.69, 9.17) is 4.74 Å². The van der Waals surface area contributed by atoms with Gasteiger partial charge in [-0.15, -0.1) is 0 Å². The van der Waals surface area contributed by atoms with Crippen molar-refractivity contribution in [3.05, 3.63) is 83.5 Å². The number of halogens is 1. The molecule has 0 unspecified atom stereocenters. The van der Waals surface area contributed by atoms with Crippen molar-refractivity contribution in [2.45, 2.75) is 12.5 Å². The first-order valence-corrected chi connectivity index (χ1v) is 11.4. The predicted octanol–water partition coefficient (Wildman–Crippen LogP) is 5.04. The van der Waals surface area contributed by atoms with Crippen LogP contribution in [0.4, 0.5) is 10.5 Å². The van der Waals surface area contributed by atoms with Crippen molar-refractivity contribution in [2.24, 2.45) is 0 Å². The van der Waals surface area contributed by atoms with Crippen LogP contribution in [0.2, 0.25) is 0 Å². The van der Waals surface area contributed by atoms with Gasteiger partial charge in [0, 0.05) is 49.0 Å². The molecular formula is C25H29BrN4O2. The second kappa shape index (κ2) is 13.0. The first kappa shape index (κ1) is 23.9. The minimum absolute atomic E-state index is 0.146. The number of nitrogens with one attached hydrogen (secondary N) is 2. The lowest BCUT2D eigenvalue weighted by Gasteiger charge is -2.17. The van der Waals surface area contributed by atoms with E-state index in [0.29, 0.717) is 12.3 Å². The molecule has 1 saturated heterocycles. The number of benzene rings is 2. The van der Waals surface area contributed by atoms with E-state index in [-0.39, 0.29) is 12.1 Å². The van der Waals surface area contributed by atoms with Crippen LogP contribution in [-0.4, -0.2) is 55.3 Å². The molecule has 0 aliphatic carbocycles. The summed E-state index contributed by atoms with van der Waals surface area (Å²) in [6.45, 7) is 3.42. The number of nitrogens with zero attached hydrogens (tertiary/aromatic N) is 2. The second-order valence-corrected chi connectivity index (χ2v) is 8.36. The van der Waals surface area contributed by atoms with Gasteiger partial charge >= 0.3 is 6.03 Å². The summed E-state index contributed by atoms with van der Waals surface area (Å²) < 4.78 is 5.93. The second-order valence-electron chi connectivity index (χ2n) is 7.45. The molecule has 1 aliphatic rings. The van der Waals surface area contributed by atoms with Gasteiger partial charge in [0.2, 0.25) is 0 Å². The third kappa shape index (κ3) is 7.75. The van der Waals surface area contributed by atoms with Crippen LogP contribution in [0.25, 0.3) is 11.3 Å². The van der Waals surface area contributed by atoms with E-state index in [0.717, 1.165) is 41.8 Å². The van der Waals surface area contributed by atoms with Gasteiger partial charge < -0.3 is 15.4 Å². The number of rotatable bonds is 6. The van der Waals surface area contributed by atoms with Gasteiger partial charge in [-0.25, -0.2) is 4.79 Å². The maximum Gasteiger partial charge on any atom is 0.319 e. The number of urea groups is 1. The van der Waals surface area contributed by atoms with E-state index in [1.54, 1.807) is 13.3 Å². The third-order valence-electron chi connectivity index (χ3n) is 5.04. The van der Waals surface area contributed by atoms with E-state index in [2.05, 4.69) is 36.4 Å². The molecule has 1 atom stereocenters. The van der Waals surface area contributed by atoms with Crippen molar-refractivity contribution < 1.29 is 9.53 Å². The Kier molecular flexibility index (Phi) is 9.68. The Morgan fingerprint density at radius 2 is 1.78 bits per heavy atom. The summed E-state index contributed by atoms with van der Waals surface area (Å²) in [4.78, 5) is 19.2. The van der Waals surface area contributed by atoms with Crippen molar-refractivity contribution in [3.8, 4) is 11.3 Å². The van der Waals surface area contributed by atoms with Gasteiger partial charge in [0.15, 0.2) is 0 Å². The zero-order valence-electron chi connectivity index (χ0n) is 18.2. The van der Waals surface area contributed by atoms with Crippen molar-refractivity contribution in [3.63, 3.8) is 0 Å². The number of pyridine rings is 1. The lowest BCUT2D eigenvalue weighted by atomic mass is 10.1. The van der Waals surface area contributed by atoms with Gasteiger partial charge in [-0.1, -0.05) is 66.7 Å². The maximum absolute atomic E-state index is 12.5. The van der Waals surface area contributed by atoms with Gasteiger partial charge in [0.1, 0.15) is 0 Å². The fourth-order valence-electron chi connectivity index (χ4n) is 3.46. The van der Waals surface area contributed by atoms with Gasteiger partial charge in [-0.3, -0.25) is 9.88 Å². The van der Waals surface area contributed by atoms with Crippen LogP contribution < -0.4 is 10.6 Å². The van der Waals surface area contributed by atoms with E-state index >= 15 is 0 Å². The van der Waals surface area contributed by atoms with Crippen LogP contribution in [-0.2, 0) is 4.74 Å². The highest BCUT2D eigenvalue weighted by Crippen LogP contribution is 2.28. The number of hydrogen-bond acceptors (Lipinski definition) is 4. The largest absolute Gasteiger partial charge is 0.383 e. The summed E-state index contributed by atoms with van der Waals surface area (Å²) in [5.41, 5.74) is 2.39. The molecule has 32 heavy (non-hydrogen) atoms. The average Bonchev–Trinajstić information content (AvgIpc) is 3.27. The molecule has 6 nitrogen and oxygen atoms in total. The van der Waals surface area contributed by atoms with E-state index < -0.39 is 0 Å². The SMILES string of the molecule is COCCN1CC[C@H](NC(=O)Nc2cc(Br)cnc2-c2ccccc2)C1.c1ccccc1. The number of ether oxygens (including phenoxy) is 1. The number of methoxy groups -OCH3 is 1. The molecule has 0 spiro atoms. The fraction of sp³-hybridized carbons (Fsp3) is 0.280. The van der Waals surface area contributed by atoms with E-state index in [1.165, 1.54) is 0 Å². The van der Waals surface area contributed by atoms with Gasteiger partial charge in [-0.2, -0.15) is 0 Å². The number of aromatic nitrogens is 1. The van der Waals surface area contributed by atoms with Crippen LogP contribution in [0.5, 0.6) is 0 Å². The zero-order chi connectivity index (χ0) is 22.6. The molecular weight excluding hydrogens is 468 g/mol. The summed E-state index contributed by atoms with van der Waals surface area (Å²) in [5.74, 6) is 0. The molecule has 1 aromatic heterocycles. The molecule has 168 valence electrons. The summed E-state index contributed by atoms with van der Waals surface area (Å²) in [6.07, 6.45) is 2.68. The van der Waals surface area contributed by atoms with E-state index in [1.807, 2.05) is 72.8 Å². The zero-order valence-corrected chi connectivity index (χ0v) is 19.8. The molecule has 7 heteroatoms. The molecule has 2 heterocycles. The quantitative estimate of drug-likeness (QED) is 0.501. The van der Waals surface area contributed by atoms with Gasteiger partial charge in [0.05, 0.1) is 18.0 Å². The van der Waals surface area contributed by atoms with Crippen LogP contribution in [0.3, 0.4) is 0 Å².